The number of nitrogens with zero attached hydrogens (tertiary/aromatic N) is 2. The van der Waals surface area contributed by atoms with Crippen LogP contribution in [0.1, 0.15) is 47.8 Å². The van der Waals surface area contributed by atoms with Gasteiger partial charge in [-0.05, 0) is 42.7 Å². The number of amides is 2. The summed E-state index contributed by atoms with van der Waals surface area (Å²) in [6.45, 7) is 4.23. The second-order valence-corrected chi connectivity index (χ2v) is 7.83. The van der Waals surface area contributed by atoms with Crippen LogP contribution in [0.4, 0.5) is 5.69 Å². The number of anilines is 1. The topological polar surface area (TPSA) is 40.6 Å². The summed E-state index contributed by atoms with van der Waals surface area (Å²) < 4.78 is 0. The van der Waals surface area contributed by atoms with Crippen LogP contribution in [0.5, 0.6) is 0 Å². The molecular weight excluding hydrogens is 372 g/mol. The number of para-hydroxylation sites is 1. The van der Waals surface area contributed by atoms with E-state index in [1.807, 2.05) is 94.7 Å². The molecule has 1 aliphatic heterocycles. The molecule has 4 nitrogen and oxygen atoms in total. The van der Waals surface area contributed by atoms with E-state index >= 15 is 0 Å². The Morgan fingerprint density at radius 3 is 2.17 bits per heavy atom. The first-order chi connectivity index (χ1) is 14.6. The summed E-state index contributed by atoms with van der Waals surface area (Å²) in [4.78, 5) is 29.8. The summed E-state index contributed by atoms with van der Waals surface area (Å²) >= 11 is 0. The summed E-state index contributed by atoms with van der Waals surface area (Å²) in [7, 11) is 0. The molecule has 0 bridgehead atoms. The molecule has 0 aliphatic carbocycles. The van der Waals surface area contributed by atoms with Gasteiger partial charge in [-0.1, -0.05) is 66.7 Å². The molecule has 0 saturated carbocycles. The van der Waals surface area contributed by atoms with Crippen LogP contribution < -0.4 is 4.90 Å². The van der Waals surface area contributed by atoms with Gasteiger partial charge in [-0.2, -0.15) is 0 Å². The van der Waals surface area contributed by atoms with Gasteiger partial charge >= 0.3 is 0 Å². The molecule has 1 aliphatic rings. The number of benzene rings is 3. The maximum absolute atomic E-state index is 13.3. The molecule has 4 heteroatoms. The molecule has 4 rings (SSSR count). The average molecular weight is 399 g/mol. The first kappa shape index (κ1) is 19.9. The van der Waals surface area contributed by atoms with Crippen LogP contribution in [0.15, 0.2) is 84.9 Å². The van der Waals surface area contributed by atoms with Crippen LogP contribution in [0.2, 0.25) is 0 Å². The Morgan fingerprint density at radius 2 is 1.50 bits per heavy atom. The predicted octanol–water partition coefficient (Wildman–Crippen LogP) is 5.22. The highest BCUT2D eigenvalue weighted by Gasteiger charge is 2.37. The van der Waals surface area contributed by atoms with Gasteiger partial charge in [-0.3, -0.25) is 9.59 Å². The molecule has 0 aromatic heterocycles. The summed E-state index contributed by atoms with van der Waals surface area (Å²) in [5.41, 5.74) is 3.67. The third-order valence-corrected chi connectivity index (χ3v) is 5.78. The first-order valence-electron chi connectivity index (χ1n) is 10.3. The smallest absolute Gasteiger partial charge is 0.258 e. The van der Waals surface area contributed by atoms with Crippen molar-refractivity contribution in [3.63, 3.8) is 0 Å². The number of carbonyl (C=O) groups excluding carboxylic acids is 2. The molecule has 1 heterocycles. The zero-order valence-electron chi connectivity index (χ0n) is 17.4. The lowest BCUT2D eigenvalue weighted by Gasteiger charge is -2.43. The minimum atomic E-state index is -0.0753. The Morgan fingerprint density at radius 1 is 0.900 bits per heavy atom. The Kier molecular flexibility index (Phi) is 5.66. The van der Waals surface area contributed by atoms with Gasteiger partial charge in [-0.15, -0.1) is 0 Å². The summed E-state index contributed by atoms with van der Waals surface area (Å²) in [5.74, 6) is 0.0279. The highest BCUT2D eigenvalue weighted by molar-refractivity contribution is 6.07. The lowest BCUT2D eigenvalue weighted by Crippen LogP contribution is -2.47. The van der Waals surface area contributed by atoms with E-state index in [0.717, 1.165) is 16.8 Å². The van der Waals surface area contributed by atoms with Crippen LogP contribution in [-0.4, -0.2) is 22.8 Å². The third kappa shape index (κ3) is 3.86. The van der Waals surface area contributed by atoms with Crippen LogP contribution in [0, 0.1) is 0 Å². The number of fused-ring (bicyclic) bond motifs is 1. The van der Waals surface area contributed by atoms with E-state index in [0.29, 0.717) is 18.5 Å². The van der Waals surface area contributed by atoms with Gasteiger partial charge in [0.2, 0.25) is 5.91 Å². The molecule has 0 N–H and O–H groups in total. The summed E-state index contributed by atoms with van der Waals surface area (Å²) in [6, 6.07) is 27.3. The quantitative estimate of drug-likeness (QED) is 0.605. The van der Waals surface area contributed by atoms with Gasteiger partial charge in [-0.25, -0.2) is 0 Å². The van der Waals surface area contributed by atoms with Gasteiger partial charge in [0, 0.05) is 30.8 Å². The van der Waals surface area contributed by atoms with Crippen molar-refractivity contribution in [2.24, 2.45) is 0 Å². The second kappa shape index (κ2) is 8.54. The van der Waals surface area contributed by atoms with E-state index in [2.05, 4.69) is 6.92 Å². The van der Waals surface area contributed by atoms with E-state index in [4.69, 9.17) is 0 Å². The van der Waals surface area contributed by atoms with Crippen LogP contribution in [0.25, 0.3) is 0 Å². The molecule has 152 valence electrons. The van der Waals surface area contributed by atoms with Crippen LogP contribution >= 0.6 is 0 Å². The SMILES string of the molecule is CC(=O)N(Cc1ccccc1)[C@H]1C[C@@H](C)N(C(=O)c2ccccc2)c2ccccc21. The standard InChI is InChI=1S/C26H26N2O2/c1-19-17-25(27(20(2)29)18-21-11-5-3-6-12-21)23-15-9-10-16-24(23)28(19)26(30)22-13-7-4-8-14-22/h3-16,19,25H,17-18H2,1-2H3/t19-,25+/m1/s1. The van der Waals surface area contributed by atoms with E-state index in [9.17, 15) is 9.59 Å². The molecule has 3 aromatic rings. The molecule has 0 spiro atoms. The fourth-order valence-electron chi connectivity index (χ4n) is 4.33. The maximum atomic E-state index is 13.3. The van der Waals surface area contributed by atoms with Crippen LogP contribution in [0.3, 0.4) is 0 Å². The van der Waals surface area contributed by atoms with Crippen molar-refractivity contribution in [1.29, 1.82) is 0 Å². The van der Waals surface area contributed by atoms with Crippen LogP contribution in [-0.2, 0) is 11.3 Å². The predicted molar refractivity (Wildman–Crippen MR) is 119 cm³/mol. The van der Waals surface area contributed by atoms with E-state index in [1.54, 1.807) is 6.92 Å². The highest BCUT2D eigenvalue weighted by Crippen LogP contribution is 2.41. The van der Waals surface area contributed by atoms with Gasteiger partial charge in [0.05, 0.1) is 6.04 Å². The van der Waals surface area contributed by atoms with Gasteiger partial charge in [0.25, 0.3) is 5.91 Å². The molecule has 0 fully saturated rings. The molecular formula is C26H26N2O2. The number of hydrogen-bond donors (Lipinski definition) is 0. The first-order valence-corrected chi connectivity index (χ1v) is 10.3. The van der Waals surface area contributed by atoms with Crippen molar-refractivity contribution < 1.29 is 9.59 Å². The fourth-order valence-corrected chi connectivity index (χ4v) is 4.33. The zero-order valence-corrected chi connectivity index (χ0v) is 17.4. The van der Waals surface area contributed by atoms with E-state index in [1.165, 1.54) is 0 Å². The lowest BCUT2D eigenvalue weighted by molar-refractivity contribution is -0.132. The van der Waals surface area contributed by atoms with Crippen molar-refractivity contribution >= 4 is 17.5 Å². The van der Waals surface area contributed by atoms with Gasteiger partial charge in [0.1, 0.15) is 0 Å². The summed E-state index contributed by atoms with van der Waals surface area (Å²) in [5, 5.41) is 0. The number of hydrogen-bond acceptors (Lipinski definition) is 2. The second-order valence-electron chi connectivity index (χ2n) is 7.83. The fraction of sp³-hybridized carbons (Fsp3) is 0.231. The minimum Gasteiger partial charge on any atom is -0.331 e. The minimum absolute atomic E-state index is 0.00793. The van der Waals surface area contributed by atoms with Crippen molar-refractivity contribution in [1.82, 2.24) is 4.90 Å². The Bertz CT molecular complexity index is 1030. The van der Waals surface area contributed by atoms with Crippen molar-refractivity contribution in [3.8, 4) is 0 Å². The molecule has 0 saturated heterocycles. The molecule has 2 atom stereocenters. The number of carbonyl (C=O) groups is 2. The highest BCUT2D eigenvalue weighted by atomic mass is 16.2. The monoisotopic (exact) mass is 398 g/mol. The van der Waals surface area contributed by atoms with E-state index < -0.39 is 0 Å². The zero-order chi connectivity index (χ0) is 21.1. The van der Waals surface area contributed by atoms with Crippen molar-refractivity contribution in [2.45, 2.75) is 38.9 Å². The largest absolute Gasteiger partial charge is 0.331 e. The lowest BCUT2D eigenvalue weighted by atomic mass is 9.89. The Balaban J connectivity index is 1.72. The average Bonchev–Trinajstić information content (AvgIpc) is 2.78. The summed E-state index contributed by atoms with van der Waals surface area (Å²) in [6.07, 6.45) is 0.696. The van der Waals surface area contributed by atoms with Crippen molar-refractivity contribution in [3.05, 3.63) is 102 Å². The van der Waals surface area contributed by atoms with E-state index in [-0.39, 0.29) is 23.9 Å². The molecule has 2 amide bonds. The van der Waals surface area contributed by atoms with Gasteiger partial charge in [0.15, 0.2) is 0 Å². The third-order valence-electron chi connectivity index (χ3n) is 5.78. The number of rotatable bonds is 4. The molecule has 30 heavy (non-hydrogen) atoms. The Labute approximate surface area is 177 Å². The molecule has 0 unspecified atom stereocenters. The molecule has 0 radical (unpaired) electrons. The van der Waals surface area contributed by atoms with Crippen molar-refractivity contribution in [2.75, 3.05) is 4.90 Å². The maximum Gasteiger partial charge on any atom is 0.258 e. The van der Waals surface area contributed by atoms with Gasteiger partial charge < -0.3 is 9.80 Å². The molecule has 3 aromatic carbocycles. The Hall–Kier alpha value is -3.40. The normalized spacial score (nSPS) is 17.9.